The van der Waals surface area contributed by atoms with Crippen LogP contribution in [0.3, 0.4) is 0 Å². The smallest absolute Gasteiger partial charge is 0.0254 e. The Morgan fingerprint density at radius 3 is 2.05 bits per heavy atom. The molecule has 0 amide bonds. The molecule has 1 heteroatoms. The van der Waals surface area contributed by atoms with Crippen molar-refractivity contribution in [3.63, 3.8) is 0 Å². The largest absolute Gasteiger partial charge is 0.0622 e. The summed E-state index contributed by atoms with van der Waals surface area (Å²) in [4.78, 5) is 1.19. The lowest BCUT2D eigenvalue weighted by atomic mass is 9.87. The van der Waals surface area contributed by atoms with Gasteiger partial charge in [-0.2, -0.15) is 0 Å². The van der Waals surface area contributed by atoms with Crippen molar-refractivity contribution in [1.29, 1.82) is 0 Å². The molecule has 96 valence electrons. The highest BCUT2D eigenvalue weighted by Crippen LogP contribution is 2.25. The predicted octanol–water partition coefficient (Wildman–Crippen LogP) is 5.09. The molecule has 2 rings (SSSR count). The first-order valence-corrected chi connectivity index (χ1v) is 7.21. The first-order valence-electron chi connectivity index (χ1n) is 6.39. The van der Waals surface area contributed by atoms with Gasteiger partial charge < -0.3 is 0 Å². The molecule has 0 bridgehead atoms. The van der Waals surface area contributed by atoms with Crippen molar-refractivity contribution in [3.05, 3.63) is 65.7 Å². The van der Waals surface area contributed by atoms with E-state index >= 15 is 0 Å². The van der Waals surface area contributed by atoms with E-state index in [1.54, 1.807) is 11.8 Å². The van der Waals surface area contributed by atoms with E-state index in [2.05, 4.69) is 56.2 Å². The molecule has 2 aromatic carbocycles. The average Bonchev–Trinajstić information content (AvgIpc) is 2.39. The van der Waals surface area contributed by atoms with Crippen LogP contribution in [-0.4, -0.2) is 0 Å². The summed E-state index contributed by atoms with van der Waals surface area (Å²) in [6.45, 7) is 6.68. The van der Waals surface area contributed by atoms with Crippen LogP contribution in [0.2, 0.25) is 0 Å². The SMILES string of the molecule is CC(C)(C)c1ccc(SC#Cc2ccccc2)cc1. The highest BCUT2D eigenvalue weighted by molar-refractivity contribution is 8.03. The molecule has 0 fully saturated rings. The van der Waals surface area contributed by atoms with Gasteiger partial charge in [0, 0.05) is 10.5 Å². The van der Waals surface area contributed by atoms with E-state index in [4.69, 9.17) is 0 Å². The van der Waals surface area contributed by atoms with Crippen LogP contribution in [0.4, 0.5) is 0 Å². The van der Waals surface area contributed by atoms with Crippen molar-refractivity contribution in [3.8, 4) is 11.2 Å². The van der Waals surface area contributed by atoms with Crippen LogP contribution in [0.25, 0.3) is 0 Å². The number of hydrogen-bond donors (Lipinski definition) is 0. The van der Waals surface area contributed by atoms with Gasteiger partial charge in [-0.25, -0.2) is 0 Å². The maximum Gasteiger partial charge on any atom is 0.0254 e. The summed E-state index contributed by atoms with van der Waals surface area (Å²) in [6.07, 6.45) is 0. The summed E-state index contributed by atoms with van der Waals surface area (Å²) in [6, 6.07) is 18.7. The van der Waals surface area contributed by atoms with E-state index < -0.39 is 0 Å². The fourth-order valence-electron chi connectivity index (χ4n) is 1.69. The molecule has 0 aliphatic rings. The Labute approximate surface area is 120 Å². The molecular weight excluding hydrogens is 248 g/mol. The zero-order valence-corrected chi connectivity index (χ0v) is 12.4. The topological polar surface area (TPSA) is 0 Å². The van der Waals surface area contributed by atoms with Crippen molar-refractivity contribution in [1.82, 2.24) is 0 Å². The van der Waals surface area contributed by atoms with E-state index in [1.165, 1.54) is 10.5 Å². The molecule has 0 saturated carbocycles. The zero-order valence-electron chi connectivity index (χ0n) is 11.6. The normalized spacial score (nSPS) is 10.7. The van der Waals surface area contributed by atoms with Crippen LogP contribution < -0.4 is 0 Å². The van der Waals surface area contributed by atoms with Gasteiger partial charge in [0.1, 0.15) is 0 Å². The van der Waals surface area contributed by atoms with Crippen LogP contribution in [-0.2, 0) is 5.41 Å². The van der Waals surface area contributed by atoms with Gasteiger partial charge in [-0.05, 0) is 52.3 Å². The van der Waals surface area contributed by atoms with Gasteiger partial charge in [-0.3, -0.25) is 0 Å². The summed E-state index contributed by atoms with van der Waals surface area (Å²) in [5.41, 5.74) is 2.62. The van der Waals surface area contributed by atoms with Crippen molar-refractivity contribution in [2.24, 2.45) is 0 Å². The summed E-state index contributed by atoms with van der Waals surface area (Å²) < 4.78 is 0. The van der Waals surface area contributed by atoms with Gasteiger partial charge in [-0.1, -0.05) is 57.0 Å². The molecule has 0 unspecified atom stereocenters. The highest BCUT2D eigenvalue weighted by Gasteiger charge is 2.12. The maximum absolute atomic E-state index is 3.15. The van der Waals surface area contributed by atoms with Crippen molar-refractivity contribution in [2.45, 2.75) is 31.1 Å². The number of rotatable bonds is 1. The van der Waals surface area contributed by atoms with E-state index in [9.17, 15) is 0 Å². The highest BCUT2D eigenvalue weighted by atomic mass is 32.2. The first-order chi connectivity index (χ1) is 9.05. The van der Waals surface area contributed by atoms with Crippen molar-refractivity contribution >= 4 is 11.8 Å². The van der Waals surface area contributed by atoms with Gasteiger partial charge in [0.2, 0.25) is 0 Å². The summed E-state index contributed by atoms with van der Waals surface area (Å²) in [7, 11) is 0. The molecule has 0 aromatic heterocycles. The fraction of sp³-hybridized carbons (Fsp3) is 0.222. The molecule has 0 aliphatic carbocycles. The Kier molecular flexibility index (Phi) is 4.35. The number of hydrogen-bond acceptors (Lipinski definition) is 1. The molecular formula is C18H18S. The lowest BCUT2D eigenvalue weighted by molar-refractivity contribution is 0.590. The standard InChI is InChI=1S/C18H18S/c1-18(2,3)16-9-11-17(12-10-16)19-14-13-15-7-5-4-6-8-15/h4-12H,1-3H3. The first kappa shape index (κ1) is 13.8. The molecule has 0 N–H and O–H groups in total. The van der Waals surface area contributed by atoms with Crippen molar-refractivity contribution < 1.29 is 0 Å². The van der Waals surface area contributed by atoms with E-state index in [-0.39, 0.29) is 5.41 Å². The lowest BCUT2D eigenvalue weighted by Gasteiger charge is -2.18. The molecule has 0 nitrogen and oxygen atoms in total. The van der Waals surface area contributed by atoms with Gasteiger partial charge in [-0.15, -0.1) is 0 Å². The second kappa shape index (κ2) is 5.99. The summed E-state index contributed by atoms with van der Waals surface area (Å²) in [5, 5.41) is 3.14. The second-order valence-corrected chi connectivity index (χ2v) is 6.35. The quantitative estimate of drug-likeness (QED) is 0.512. The molecule has 0 atom stereocenters. The Balaban J connectivity index is 2.03. The molecule has 0 radical (unpaired) electrons. The zero-order chi connectivity index (χ0) is 13.7. The Bertz CT molecular complexity index is 578. The Morgan fingerprint density at radius 1 is 0.842 bits per heavy atom. The van der Waals surface area contributed by atoms with Crippen LogP contribution in [0.5, 0.6) is 0 Å². The second-order valence-electron chi connectivity index (χ2n) is 5.47. The fourth-order valence-corrected chi connectivity index (χ4v) is 2.25. The van der Waals surface area contributed by atoms with Crippen LogP contribution in [0, 0.1) is 11.2 Å². The molecule has 2 aromatic rings. The summed E-state index contributed by atoms with van der Waals surface area (Å²) in [5.74, 6) is 3.15. The minimum absolute atomic E-state index is 0.207. The molecule has 0 aliphatic heterocycles. The number of thioether (sulfide) groups is 1. The van der Waals surface area contributed by atoms with Gasteiger partial charge in [0.15, 0.2) is 0 Å². The van der Waals surface area contributed by atoms with Crippen LogP contribution in [0.1, 0.15) is 31.9 Å². The Morgan fingerprint density at radius 2 is 1.47 bits per heavy atom. The maximum atomic E-state index is 3.15. The van der Waals surface area contributed by atoms with Crippen LogP contribution >= 0.6 is 11.8 Å². The van der Waals surface area contributed by atoms with E-state index in [0.29, 0.717) is 0 Å². The molecule has 19 heavy (non-hydrogen) atoms. The Hall–Kier alpha value is -1.65. The number of benzene rings is 2. The molecule has 0 spiro atoms. The van der Waals surface area contributed by atoms with E-state index in [1.807, 2.05) is 30.3 Å². The summed E-state index contributed by atoms with van der Waals surface area (Å²) >= 11 is 1.57. The minimum atomic E-state index is 0.207. The third-order valence-corrected chi connectivity index (χ3v) is 3.57. The minimum Gasteiger partial charge on any atom is -0.0622 e. The van der Waals surface area contributed by atoms with Gasteiger partial charge in [0.05, 0.1) is 0 Å². The van der Waals surface area contributed by atoms with Gasteiger partial charge >= 0.3 is 0 Å². The van der Waals surface area contributed by atoms with Crippen LogP contribution in [0.15, 0.2) is 59.5 Å². The third-order valence-electron chi connectivity index (χ3n) is 2.86. The predicted molar refractivity (Wildman–Crippen MR) is 84.3 cm³/mol. The lowest BCUT2D eigenvalue weighted by Crippen LogP contribution is -2.10. The monoisotopic (exact) mass is 266 g/mol. The van der Waals surface area contributed by atoms with Crippen molar-refractivity contribution in [2.75, 3.05) is 0 Å². The average molecular weight is 266 g/mol. The molecule has 0 heterocycles. The van der Waals surface area contributed by atoms with Gasteiger partial charge in [0.25, 0.3) is 0 Å². The van der Waals surface area contributed by atoms with E-state index in [0.717, 1.165) is 5.56 Å². The molecule has 0 saturated heterocycles. The third kappa shape index (κ3) is 4.19.